The molecule has 84 valence electrons. The molecule has 0 saturated heterocycles. The fourth-order valence-corrected chi connectivity index (χ4v) is 1.91. The Bertz CT molecular complexity index is 316. The van der Waals surface area contributed by atoms with Crippen molar-refractivity contribution in [3.63, 3.8) is 0 Å². The van der Waals surface area contributed by atoms with Gasteiger partial charge < -0.3 is 5.32 Å². The van der Waals surface area contributed by atoms with E-state index < -0.39 is 0 Å². The van der Waals surface area contributed by atoms with E-state index in [-0.39, 0.29) is 0 Å². The molecule has 0 fully saturated rings. The van der Waals surface area contributed by atoms with E-state index in [9.17, 15) is 0 Å². The highest BCUT2D eigenvalue weighted by molar-refractivity contribution is 5.26. The topological polar surface area (TPSA) is 42.7 Å². The van der Waals surface area contributed by atoms with Crippen molar-refractivity contribution in [3.8, 4) is 0 Å². The second-order valence-electron chi connectivity index (χ2n) is 4.68. The highest BCUT2D eigenvalue weighted by atomic mass is 15.3. The predicted molar refractivity (Wildman–Crippen MR) is 60.9 cm³/mol. The smallest absolute Gasteiger partial charge is 0.224 e. The number of aromatic nitrogens is 3. The molecule has 0 aliphatic carbocycles. The van der Waals surface area contributed by atoms with Crippen LogP contribution in [0.4, 0.5) is 5.95 Å². The highest BCUT2D eigenvalue weighted by Crippen LogP contribution is 2.17. The number of anilines is 1. The summed E-state index contributed by atoms with van der Waals surface area (Å²) < 4.78 is 2.25. The Kier molecular flexibility index (Phi) is 3.23. The maximum atomic E-state index is 4.25. The molecule has 0 saturated carbocycles. The van der Waals surface area contributed by atoms with Crippen LogP contribution in [0.15, 0.2) is 0 Å². The second kappa shape index (κ2) is 4.64. The molecule has 0 atom stereocenters. The highest BCUT2D eigenvalue weighted by Gasteiger charge is 2.14. The standard InChI is InChI=1S/C11H20N4/c1-9(2)8-12-11-14-13-10-6-4-3-5-7-15(10)11/h9H,3-8H2,1-2H3,(H,12,14). The van der Waals surface area contributed by atoms with Crippen molar-refractivity contribution in [2.45, 2.75) is 46.1 Å². The zero-order valence-electron chi connectivity index (χ0n) is 9.66. The normalized spacial score (nSPS) is 16.2. The largest absolute Gasteiger partial charge is 0.354 e. The average Bonchev–Trinajstić information content (AvgIpc) is 2.44. The fourth-order valence-electron chi connectivity index (χ4n) is 1.91. The van der Waals surface area contributed by atoms with Gasteiger partial charge in [0.25, 0.3) is 0 Å². The monoisotopic (exact) mass is 208 g/mol. The van der Waals surface area contributed by atoms with E-state index in [0.29, 0.717) is 5.92 Å². The molecule has 0 spiro atoms. The quantitative estimate of drug-likeness (QED) is 0.827. The lowest BCUT2D eigenvalue weighted by Crippen LogP contribution is -2.13. The van der Waals surface area contributed by atoms with Gasteiger partial charge in [0.1, 0.15) is 5.82 Å². The molecule has 0 unspecified atom stereocenters. The summed E-state index contributed by atoms with van der Waals surface area (Å²) >= 11 is 0. The maximum absolute atomic E-state index is 4.25. The Morgan fingerprint density at radius 3 is 2.93 bits per heavy atom. The van der Waals surface area contributed by atoms with Gasteiger partial charge in [-0.3, -0.25) is 4.57 Å². The van der Waals surface area contributed by atoms with Gasteiger partial charge in [-0.25, -0.2) is 0 Å². The average molecular weight is 208 g/mol. The van der Waals surface area contributed by atoms with Crippen LogP contribution in [0.3, 0.4) is 0 Å². The summed E-state index contributed by atoms with van der Waals surface area (Å²) in [5, 5.41) is 11.8. The zero-order chi connectivity index (χ0) is 10.7. The molecule has 1 aliphatic heterocycles. The third kappa shape index (κ3) is 2.49. The Labute approximate surface area is 91.1 Å². The fraction of sp³-hybridized carbons (Fsp3) is 0.818. The summed E-state index contributed by atoms with van der Waals surface area (Å²) in [4.78, 5) is 0. The van der Waals surface area contributed by atoms with Crippen LogP contribution in [-0.2, 0) is 13.0 Å². The molecular weight excluding hydrogens is 188 g/mol. The van der Waals surface area contributed by atoms with Crippen molar-refractivity contribution in [3.05, 3.63) is 5.82 Å². The van der Waals surface area contributed by atoms with Gasteiger partial charge >= 0.3 is 0 Å². The maximum Gasteiger partial charge on any atom is 0.224 e. The van der Waals surface area contributed by atoms with Crippen molar-refractivity contribution >= 4 is 5.95 Å². The van der Waals surface area contributed by atoms with Crippen molar-refractivity contribution in [2.75, 3.05) is 11.9 Å². The predicted octanol–water partition coefficient (Wildman–Crippen LogP) is 2.07. The SMILES string of the molecule is CC(C)CNc1nnc2n1CCCCC2. The molecule has 1 N–H and O–H groups in total. The minimum Gasteiger partial charge on any atom is -0.354 e. The van der Waals surface area contributed by atoms with Crippen LogP contribution in [0, 0.1) is 5.92 Å². The number of rotatable bonds is 3. The molecule has 0 amide bonds. The second-order valence-corrected chi connectivity index (χ2v) is 4.68. The summed E-state index contributed by atoms with van der Waals surface area (Å²) in [5.41, 5.74) is 0. The molecule has 1 aliphatic rings. The molecule has 0 radical (unpaired) electrons. The summed E-state index contributed by atoms with van der Waals surface area (Å²) in [6.07, 6.45) is 4.90. The van der Waals surface area contributed by atoms with Crippen molar-refractivity contribution in [2.24, 2.45) is 5.92 Å². The molecule has 2 rings (SSSR count). The lowest BCUT2D eigenvalue weighted by atomic mass is 10.2. The Morgan fingerprint density at radius 1 is 1.27 bits per heavy atom. The summed E-state index contributed by atoms with van der Waals surface area (Å²) in [6, 6.07) is 0. The third-order valence-electron chi connectivity index (χ3n) is 2.78. The molecule has 1 aromatic heterocycles. The number of fused-ring (bicyclic) bond motifs is 1. The van der Waals surface area contributed by atoms with E-state index in [2.05, 4.69) is 33.9 Å². The van der Waals surface area contributed by atoms with Crippen molar-refractivity contribution < 1.29 is 0 Å². The van der Waals surface area contributed by atoms with Crippen LogP contribution in [-0.4, -0.2) is 21.3 Å². The minimum atomic E-state index is 0.642. The van der Waals surface area contributed by atoms with Gasteiger partial charge in [0, 0.05) is 19.5 Å². The number of nitrogens with one attached hydrogen (secondary N) is 1. The van der Waals surface area contributed by atoms with E-state index in [1.807, 2.05) is 0 Å². The van der Waals surface area contributed by atoms with Crippen molar-refractivity contribution in [1.82, 2.24) is 14.8 Å². The molecule has 4 heteroatoms. The minimum absolute atomic E-state index is 0.642. The third-order valence-corrected chi connectivity index (χ3v) is 2.78. The van der Waals surface area contributed by atoms with Gasteiger partial charge in [0.05, 0.1) is 0 Å². The van der Waals surface area contributed by atoms with E-state index in [1.54, 1.807) is 0 Å². The number of aryl methyl sites for hydroxylation is 1. The van der Waals surface area contributed by atoms with Crippen LogP contribution in [0.5, 0.6) is 0 Å². The molecule has 2 heterocycles. The van der Waals surface area contributed by atoms with Crippen LogP contribution in [0.1, 0.15) is 38.9 Å². The van der Waals surface area contributed by atoms with E-state index in [4.69, 9.17) is 0 Å². The Morgan fingerprint density at radius 2 is 2.13 bits per heavy atom. The van der Waals surface area contributed by atoms with Gasteiger partial charge in [-0.05, 0) is 18.8 Å². The van der Waals surface area contributed by atoms with Crippen LogP contribution in [0.25, 0.3) is 0 Å². The number of hydrogen-bond donors (Lipinski definition) is 1. The number of hydrogen-bond acceptors (Lipinski definition) is 3. The van der Waals surface area contributed by atoms with Gasteiger partial charge in [-0.2, -0.15) is 0 Å². The molecule has 0 aromatic carbocycles. The van der Waals surface area contributed by atoms with Crippen molar-refractivity contribution in [1.29, 1.82) is 0 Å². The van der Waals surface area contributed by atoms with Crippen LogP contribution in [0.2, 0.25) is 0 Å². The van der Waals surface area contributed by atoms with E-state index >= 15 is 0 Å². The Hall–Kier alpha value is -1.06. The van der Waals surface area contributed by atoms with Crippen LogP contribution < -0.4 is 5.32 Å². The summed E-state index contributed by atoms with van der Waals surface area (Å²) in [6.45, 7) is 6.44. The lowest BCUT2D eigenvalue weighted by molar-refractivity contribution is 0.626. The first kappa shape index (κ1) is 10.5. The Balaban J connectivity index is 2.08. The molecule has 4 nitrogen and oxygen atoms in total. The van der Waals surface area contributed by atoms with Gasteiger partial charge in [0.15, 0.2) is 0 Å². The first-order valence-corrected chi connectivity index (χ1v) is 5.93. The molecule has 0 bridgehead atoms. The summed E-state index contributed by atoms with van der Waals surface area (Å²) in [5.74, 6) is 2.75. The first-order chi connectivity index (χ1) is 7.27. The summed E-state index contributed by atoms with van der Waals surface area (Å²) in [7, 11) is 0. The van der Waals surface area contributed by atoms with E-state index in [0.717, 1.165) is 31.3 Å². The lowest BCUT2D eigenvalue weighted by Gasteiger charge is -2.10. The van der Waals surface area contributed by atoms with E-state index in [1.165, 1.54) is 19.3 Å². The zero-order valence-corrected chi connectivity index (χ0v) is 9.66. The van der Waals surface area contributed by atoms with Gasteiger partial charge in [0.2, 0.25) is 5.95 Å². The molecular formula is C11H20N4. The number of nitrogens with zero attached hydrogens (tertiary/aromatic N) is 3. The van der Waals surface area contributed by atoms with Gasteiger partial charge in [-0.15, -0.1) is 10.2 Å². The molecule has 1 aromatic rings. The van der Waals surface area contributed by atoms with Gasteiger partial charge in [-0.1, -0.05) is 20.3 Å². The molecule has 15 heavy (non-hydrogen) atoms. The first-order valence-electron chi connectivity index (χ1n) is 5.93. The van der Waals surface area contributed by atoms with Crippen LogP contribution >= 0.6 is 0 Å².